The maximum Gasteiger partial charge on any atom is 0.312 e. The van der Waals surface area contributed by atoms with E-state index in [-0.39, 0.29) is 18.4 Å². The Labute approximate surface area is 121 Å². The van der Waals surface area contributed by atoms with Crippen LogP contribution in [0.1, 0.15) is 47.5 Å². The predicted molar refractivity (Wildman–Crippen MR) is 79.1 cm³/mol. The lowest BCUT2D eigenvalue weighted by molar-refractivity contribution is -0.124. The van der Waals surface area contributed by atoms with Crippen molar-refractivity contribution < 1.29 is 14.7 Å². The molecule has 0 aromatic heterocycles. The second-order valence-corrected chi connectivity index (χ2v) is 6.50. The summed E-state index contributed by atoms with van der Waals surface area (Å²) in [5.74, 6) is 0.257. The number of carbonyl (C=O) groups is 2. The zero-order valence-electron chi connectivity index (χ0n) is 13.2. The molecule has 6 nitrogen and oxygen atoms in total. The van der Waals surface area contributed by atoms with E-state index in [4.69, 9.17) is 5.73 Å². The number of hydrogen-bond acceptors (Lipinski definition) is 3. The maximum absolute atomic E-state index is 12.1. The first-order chi connectivity index (χ1) is 9.03. The highest BCUT2D eigenvalue weighted by atomic mass is 16.3. The highest BCUT2D eigenvalue weighted by Gasteiger charge is 2.26. The molecule has 0 aliphatic heterocycles. The van der Waals surface area contributed by atoms with E-state index >= 15 is 0 Å². The molecule has 3 amide bonds. The fourth-order valence-electron chi connectivity index (χ4n) is 2.23. The minimum absolute atomic E-state index is 0.152. The number of carbonyl (C=O) groups excluding carboxylic acids is 2. The topological polar surface area (TPSA) is 104 Å². The van der Waals surface area contributed by atoms with E-state index in [9.17, 15) is 14.7 Å². The van der Waals surface area contributed by atoms with Crippen LogP contribution < -0.4 is 16.4 Å². The van der Waals surface area contributed by atoms with E-state index < -0.39 is 17.7 Å². The third kappa shape index (κ3) is 8.74. The summed E-state index contributed by atoms with van der Waals surface area (Å²) in [6.45, 7) is 9.76. The lowest BCUT2D eigenvalue weighted by Gasteiger charge is -2.27. The van der Waals surface area contributed by atoms with E-state index in [0.29, 0.717) is 18.8 Å². The van der Waals surface area contributed by atoms with Crippen molar-refractivity contribution in [2.75, 3.05) is 6.54 Å². The minimum Gasteiger partial charge on any atom is -0.388 e. The number of nitrogens with one attached hydrogen (secondary N) is 2. The summed E-state index contributed by atoms with van der Waals surface area (Å²) in [4.78, 5) is 23.0. The zero-order chi connectivity index (χ0) is 15.9. The minimum atomic E-state index is -0.959. The van der Waals surface area contributed by atoms with Crippen molar-refractivity contribution in [3.63, 3.8) is 0 Å². The van der Waals surface area contributed by atoms with Gasteiger partial charge in [0.1, 0.15) is 6.04 Å². The van der Waals surface area contributed by atoms with Gasteiger partial charge in [0, 0.05) is 6.54 Å². The molecule has 0 fully saturated rings. The first-order valence-electron chi connectivity index (χ1n) is 7.09. The number of amides is 3. The zero-order valence-corrected chi connectivity index (χ0v) is 13.2. The van der Waals surface area contributed by atoms with Crippen LogP contribution in [-0.4, -0.2) is 35.2 Å². The van der Waals surface area contributed by atoms with E-state index in [0.717, 1.165) is 0 Å². The monoisotopic (exact) mass is 287 g/mol. The number of primary amides is 1. The van der Waals surface area contributed by atoms with Crippen LogP contribution in [0.3, 0.4) is 0 Å². The Hall–Kier alpha value is -1.30. The van der Waals surface area contributed by atoms with Crippen LogP contribution in [0.2, 0.25) is 0 Å². The van der Waals surface area contributed by atoms with Crippen molar-refractivity contribution in [3.8, 4) is 0 Å². The van der Waals surface area contributed by atoms with Gasteiger partial charge in [-0.1, -0.05) is 27.7 Å². The summed E-state index contributed by atoms with van der Waals surface area (Å²) >= 11 is 0. The standard InChI is InChI=1S/C14H29N3O3/c1-9(2)6-11(17-13(15)19)12(18)16-8-14(5,20)7-10(3)4/h9-11,20H,6-8H2,1-5H3,(H,16,18)(H3,15,17,19). The SMILES string of the molecule is CC(C)CC(NC(N)=O)C(=O)NCC(C)(O)CC(C)C. The number of aliphatic hydroxyl groups is 1. The third-order valence-electron chi connectivity index (χ3n) is 2.83. The Bertz CT molecular complexity index is 328. The molecule has 0 saturated heterocycles. The van der Waals surface area contributed by atoms with E-state index in [1.165, 1.54) is 0 Å². The van der Waals surface area contributed by atoms with Gasteiger partial charge in [0.05, 0.1) is 5.60 Å². The lowest BCUT2D eigenvalue weighted by atomic mass is 9.94. The van der Waals surface area contributed by atoms with Gasteiger partial charge in [0.25, 0.3) is 0 Å². The average Bonchev–Trinajstić information content (AvgIpc) is 2.22. The normalized spacial score (nSPS) is 15.8. The largest absolute Gasteiger partial charge is 0.388 e. The van der Waals surface area contributed by atoms with Crippen LogP contribution in [0.4, 0.5) is 4.79 Å². The van der Waals surface area contributed by atoms with E-state index in [1.807, 2.05) is 27.7 Å². The van der Waals surface area contributed by atoms with E-state index in [2.05, 4.69) is 10.6 Å². The summed E-state index contributed by atoms with van der Waals surface area (Å²) in [6, 6.07) is -1.39. The molecule has 0 radical (unpaired) electrons. The van der Waals surface area contributed by atoms with Gasteiger partial charge >= 0.3 is 6.03 Å². The molecule has 0 aromatic carbocycles. The second kappa shape index (κ2) is 8.09. The lowest BCUT2D eigenvalue weighted by Crippen LogP contribution is -2.52. The van der Waals surface area contributed by atoms with Crippen LogP contribution in [0.5, 0.6) is 0 Å². The average molecular weight is 287 g/mol. The molecule has 5 N–H and O–H groups in total. The first-order valence-corrected chi connectivity index (χ1v) is 7.09. The summed E-state index contributed by atoms with van der Waals surface area (Å²) in [6.07, 6.45) is 1.09. The maximum atomic E-state index is 12.1. The van der Waals surface area contributed by atoms with Gasteiger partial charge < -0.3 is 21.5 Å². The number of nitrogens with two attached hydrogens (primary N) is 1. The first kappa shape index (κ1) is 18.7. The summed E-state index contributed by atoms with van der Waals surface area (Å²) in [7, 11) is 0. The Morgan fingerprint density at radius 3 is 2.15 bits per heavy atom. The highest BCUT2D eigenvalue weighted by molar-refractivity contribution is 5.86. The molecule has 0 saturated carbocycles. The molecular weight excluding hydrogens is 258 g/mol. The Balaban J connectivity index is 4.48. The van der Waals surface area contributed by atoms with Crippen molar-refractivity contribution >= 4 is 11.9 Å². The Kier molecular flexibility index (Phi) is 7.57. The van der Waals surface area contributed by atoms with Crippen molar-refractivity contribution in [2.45, 2.75) is 59.1 Å². The van der Waals surface area contributed by atoms with Gasteiger partial charge in [-0.3, -0.25) is 4.79 Å². The number of rotatable bonds is 8. The molecule has 0 spiro atoms. The predicted octanol–water partition coefficient (Wildman–Crippen LogP) is 0.983. The van der Waals surface area contributed by atoms with Gasteiger partial charge in [-0.05, 0) is 31.6 Å². The van der Waals surface area contributed by atoms with Gasteiger partial charge in [-0.15, -0.1) is 0 Å². The Morgan fingerprint density at radius 2 is 1.75 bits per heavy atom. The molecule has 0 aromatic rings. The molecule has 0 aliphatic carbocycles. The molecule has 0 heterocycles. The number of hydrogen-bond donors (Lipinski definition) is 4. The summed E-state index contributed by atoms with van der Waals surface area (Å²) < 4.78 is 0. The summed E-state index contributed by atoms with van der Waals surface area (Å²) in [5.41, 5.74) is 4.12. The van der Waals surface area contributed by atoms with Crippen molar-refractivity contribution in [1.82, 2.24) is 10.6 Å². The van der Waals surface area contributed by atoms with Crippen LogP contribution >= 0.6 is 0 Å². The molecule has 0 rings (SSSR count). The molecule has 0 bridgehead atoms. The van der Waals surface area contributed by atoms with Gasteiger partial charge in [-0.25, -0.2) is 4.79 Å². The van der Waals surface area contributed by atoms with Crippen LogP contribution in [0, 0.1) is 11.8 Å². The molecule has 2 unspecified atom stereocenters. The van der Waals surface area contributed by atoms with Crippen LogP contribution in [0.15, 0.2) is 0 Å². The third-order valence-corrected chi connectivity index (χ3v) is 2.83. The van der Waals surface area contributed by atoms with E-state index in [1.54, 1.807) is 6.92 Å². The smallest absolute Gasteiger partial charge is 0.312 e. The number of urea groups is 1. The highest BCUT2D eigenvalue weighted by Crippen LogP contribution is 2.15. The Morgan fingerprint density at radius 1 is 1.20 bits per heavy atom. The quantitative estimate of drug-likeness (QED) is 0.535. The fourth-order valence-corrected chi connectivity index (χ4v) is 2.23. The molecule has 20 heavy (non-hydrogen) atoms. The van der Waals surface area contributed by atoms with Crippen LogP contribution in [0.25, 0.3) is 0 Å². The fraction of sp³-hybridized carbons (Fsp3) is 0.857. The van der Waals surface area contributed by atoms with Crippen LogP contribution in [-0.2, 0) is 4.79 Å². The molecule has 0 aliphatic rings. The molecular formula is C14H29N3O3. The van der Waals surface area contributed by atoms with Crippen molar-refractivity contribution in [1.29, 1.82) is 0 Å². The van der Waals surface area contributed by atoms with Gasteiger partial charge in [0.2, 0.25) is 5.91 Å². The molecule has 6 heteroatoms. The van der Waals surface area contributed by atoms with Gasteiger partial charge in [0.15, 0.2) is 0 Å². The van der Waals surface area contributed by atoms with Crippen molar-refractivity contribution in [2.24, 2.45) is 17.6 Å². The molecule has 2 atom stereocenters. The van der Waals surface area contributed by atoms with Gasteiger partial charge in [-0.2, -0.15) is 0 Å². The second-order valence-electron chi connectivity index (χ2n) is 6.50. The molecule has 118 valence electrons. The summed E-state index contributed by atoms with van der Waals surface area (Å²) in [5, 5.41) is 15.3. The van der Waals surface area contributed by atoms with Crippen molar-refractivity contribution in [3.05, 3.63) is 0 Å².